The van der Waals surface area contributed by atoms with E-state index in [1.807, 2.05) is 12.1 Å². The van der Waals surface area contributed by atoms with Crippen LogP contribution in [0.15, 0.2) is 29.1 Å². The van der Waals surface area contributed by atoms with Gasteiger partial charge in [0.15, 0.2) is 0 Å². The maximum Gasteiger partial charge on any atom is 0.258 e. The molecule has 4 heteroatoms. The number of nitrogens with one attached hydrogen (secondary N) is 1. The second-order valence-corrected chi connectivity index (χ2v) is 3.74. The van der Waals surface area contributed by atoms with E-state index >= 15 is 0 Å². The predicted octanol–water partition coefficient (Wildman–Crippen LogP) is 2.22. The van der Waals surface area contributed by atoms with E-state index in [0.29, 0.717) is 16.7 Å². The number of rotatable bonds is 1. The Balaban J connectivity index is 2.79. The lowest BCUT2D eigenvalue weighted by Crippen LogP contribution is -2.11. The molecule has 0 radical (unpaired) electrons. The first-order chi connectivity index (χ1) is 6.68. The zero-order chi connectivity index (χ0) is 10.1. The SMILES string of the molecule is C[C@@H](Cl)c1nc2ccccc2c(=O)[nH]1. The standard InChI is InChI=1S/C10H9ClN2O/c1-6(11)9-12-8-5-3-2-4-7(8)10(14)13-9/h2-6H,1H3,(H,12,13,14)/t6-/m1/s1. The number of alkyl halides is 1. The van der Waals surface area contributed by atoms with Crippen molar-refractivity contribution in [1.29, 1.82) is 0 Å². The third-order valence-electron chi connectivity index (χ3n) is 2.01. The van der Waals surface area contributed by atoms with Gasteiger partial charge in [0.25, 0.3) is 5.56 Å². The summed E-state index contributed by atoms with van der Waals surface area (Å²) in [6, 6.07) is 7.19. The molecule has 2 rings (SSSR count). The van der Waals surface area contributed by atoms with Gasteiger partial charge in [0.2, 0.25) is 0 Å². The highest BCUT2D eigenvalue weighted by molar-refractivity contribution is 6.20. The quantitative estimate of drug-likeness (QED) is 0.731. The largest absolute Gasteiger partial charge is 0.309 e. The number of aromatic nitrogens is 2. The zero-order valence-electron chi connectivity index (χ0n) is 7.62. The molecular weight excluding hydrogens is 200 g/mol. The van der Waals surface area contributed by atoms with Gasteiger partial charge in [0.1, 0.15) is 5.82 Å². The first kappa shape index (κ1) is 9.21. The summed E-state index contributed by atoms with van der Waals surface area (Å²) in [5.41, 5.74) is 0.539. The Morgan fingerprint density at radius 2 is 2.14 bits per heavy atom. The van der Waals surface area contributed by atoms with E-state index in [1.165, 1.54) is 0 Å². The van der Waals surface area contributed by atoms with Crippen LogP contribution in [0, 0.1) is 0 Å². The van der Waals surface area contributed by atoms with Crippen molar-refractivity contribution in [2.24, 2.45) is 0 Å². The van der Waals surface area contributed by atoms with Gasteiger partial charge in [-0.1, -0.05) is 12.1 Å². The van der Waals surface area contributed by atoms with Crippen molar-refractivity contribution < 1.29 is 0 Å². The second kappa shape index (κ2) is 3.42. The van der Waals surface area contributed by atoms with Gasteiger partial charge in [0.05, 0.1) is 16.3 Å². The number of para-hydroxylation sites is 1. The van der Waals surface area contributed by atoms with Gasteiger partial charge in [-0.15, -0.1) is 11.6 Å². The number of hydrogen-bond acceptors (Lipinski definition) is 2. The van der Waals surface area contributed by atoms with Crippen molar-refractivity contribution in [3.8, 4) is 0 Å². The minimum absolute atomic E-state index is 0.141. The molecule has 2 aromatic rings. The molecule has 0 bridgehead atoms. The number of H-pyrrole nitrogens is 1. The fourth-order valence-corrected chi connectivity index (χ4v) is 1.40. The van der Waals surface area contributed by atoms with Gasteiger partial charge in [0, 0.05) is 0 Å². The zero-order valence-corrected chi connectivity index (χ0v) is 8.38. The summed E-state index contributed by atoms with van der Waals surface area (Å²) in [6.45, 7) is 1.77. The molecule has 0 aliphatic rings. The van der Waals surface area contributed by atoms with Gasteiger partial charge in [-0.2, -0.15) is 0 Å². The average molecular weight is 209 g/mol. The molecule has 14 heavy (non-hydrogen) atoms. The lowest BCUT2D eigenvalue weighted by atomic mass is 10.2. The van der Waals surface area contributed by atoms with Gasteiger partial charge in [-0.05, 0) is 19.1 Å². The molecule has 0 aliphatic carbocycles. The summed E-state index contributed by atoms with van der Waals surface area (Å²) >= 11 is 5.84. The smallest absolute Gasteiger partial charge is 0.258 e. The van der Waals surface area contributed by atoms with E-state index < -0.39 is 0 Å². The minimum atomic E-state index is -0.285. The van der Waals surface area contributed by atoms with Crippen molar-refractivity contribution in [2.45, 2.75) is 12.3 Å². The molecule has 1 N–H and O–H groups in total. The number of halogens is 1. The Hall–Kier alpha value is -1.35. The molecule has 1 atom stereocenters. The Bertz CT molecular complexity index is 519. The molecule has 0 saturated carbocycles. The predicted molar refractivity (Wildman–Crippen MR) is 56.6 cm³/mol. The van der Waals surface area contributed by atoms with Crippen molar-refractivity contribution >= 4 is 22.5 Å². The van der Waals surface area contributed by atoms with Crippen LogP contribution in [0.4, 0.5) is 0 Å². The number of hydrogen-bond donors (Lipinski definition) is 1. The second-order valence-electron chi connectivity index (χ2n) is 3.08. The van der Waals surface area contributed by atoms with Crippen molar-refractivity contribution in [3.63, 3.8) is 0 Å². The topological polar surface area (TPSA) is 45.8 Å². The molecule has 0 saturated heterocycles. The Kier molecular flexibility index (Phi) is 2.25. The summed E-state index contributed by atoms with van der Waals surface area (Å²) < 4.78 is 0. The summed E-state index contributed by atoms with van der Waals surface area (Å²) in [6.07, 6.45) is 0. The Labute approximate surface area is 85.7 Å². The van der Waals surface area contributed by atoms with Crippen LogP contribution in [-0.4, -0.2) is 9.97 Å². The van der Waals surface area contributed by atoms with Crippen molar-refractivity contribution in [3.05, 3.63) is 40.4 Å². The molecule has 0 spiro atoms. The maximum atomic E-state index is 11.5. The first-order valence-electron chi connectivity index (χ1n) is 4.31. The van der Waals surface area contributed by atoms with Gasteiger partial charge >= 0.3 is 0 Å². The summed E-state index contributed by atoms with van der Waals surface area (Å²) in [5.74, 6) is 0.510. The average Bonchev–Trinajstić information content (AvgIpc) is 2.17. The highest BCUT2D eigenvalue weighted by Gasteiger charge is 2.06. The van der Waals surface area contributed by atoms with Gasteiger partial charge < -0.3 is 4.98 Å². The van der Waals surface area contributed by atoms with Crippen molar-refractivity contribution in [2.75, 3.05) is 0 Å². The van der Waals surface area contributed by atoms with E-state index in [1.54, 1.807) is 19.1 Å². The van der Waals surface area contributed by atoms with E-state index in [4.69, 9.17) is 11.6 Å². The van der Waals surface area contributed by atoms with Crippen LogP contribution in [0.5, 0.6) is 0 Å². The molecule has 0 amide bonds. The Morgan fingerprint density at radius 3 is 2.86 bits per heavy atom. The Morgan fingerprint density at radius 1 is 1.43 bits per heavy atom. The van der Waals surface area contributed by atoms with E-state index in [-0.39, 0.29) is 10.9 Å². The van der Waals surface area contributed by atoms with Crippen LogP contribution in [-0.2, 0) is 0 Å². The van der Waals surface area contributed by atoms with Crippen LogP contribution < -0.4 is 5.56 Å². The third kappa shape index (κ3) is 1.51. The summed E-state index contributed by atoms with van der Waals surface area (Å²) in [7, 11) is 0. The van der Waals surface area contributed by atoms with Crippen LogP contribution in [0.3, 0.4) is 0 Å². The van der Waals surface area contributed by atoms with E-state index in [9.17, 15) is 4.79 Å². The fraction of sp³-hybridized carbons (Fsp3) is 0.200. The van der Waals surface area contributed by atoms with E-state index in [0.717, 1.165) is 0 Å². The van der Waals surface area contributed by atoms with Crippen LogP contribution in [0.25, 0.3) is 10.9 Å². The molecule has 1 aromatic carbocycles. The third-order valence-corrected chi connectivity index (χ3v) is 2.21. The first-order valence-corrected chi connectivity index (χ1v) is 4.75. The van der Waals surface area contributed by atoms with Gasteiger partial charge in [-0.3, -0.25) is 4.79 Å². The number of aromatic amines is 1. The van der Waals surface area contributed by atoms with Crippen LogP contribution in [0.1, 0.15) is 18.1 Å². The molecule has 72 valence electrons. The van der Waals surface area contributed by atoms with E-state index in [2.05, 4.69) is 9.97 Å². The lowest BCUT2D eigenvalue weighted by molar-refractivity contribution is 0.914. The minimum Gasteiger partial charge on any atom is -0.309 e. The van der Waals surface area contributed by atoms with Crippen LogP contribution in [0.2, 0.25) is 0 Å². The molecule has 1 aromatic heterocycles. The molecular formula is C10H9ClN2O. The monoisotopic (exact) mass is 208 g/mol. The van der Waals surface area contributed by atoms with Crippen molar-refractivity contribution in [1.82, 2.24) is 9.97 Å². The molecule has 0 aliphatic heterocycles. The fourth-order valence-electron chi connectivity index (χ4n) is 1.29. The number of fused-ring (bicyclic) bond motifs is 1. The molecule has 3 nitrogen and oxygen atoms in total. The highest BCUT2D eigenvalue weighted by Crippen LogP contribution is 2.15. The maximum absolute atomic E-state index is 11.5. The highest BCUT2D eigenvalue weighted by atomic mass is 35.5. The molecule has 1 heterocycles. The summed E-state index contributed by atoms with van der Waals surface area (Å²) in [5, 5.41) is 0.306. The lowest BCUT2D eigenvalue weighted by Gasteiger charge is -2.03. The molecule has 0 fully saturated rings. The van der Waals surface area contributed by atoms with Crippen LogP contribution >= 0.6 is 11.6 Å². The number of nitrogens with zero attached hydrogens (tertiary/aromatic N) is 1. The molecule has 0 unspecified atom stereocenters. The normalized spacial score (nSPS) is 13.0. The summed E-state index contributed by atoms with van der Waals surface area (Å²) in [4.78, 5) is 18.4. The van der Waals surface area contributed by atoms with Gasteiger partial charge in [-0.25, -0.2) is 4.98 Å². The number of benzene rings is 1.